The summed E-state index contributed by atoms with van der Waals surface area (Å²) in [5.41, 5.74) is 11.4. The zero-order valence-corrected chi connectivity index (χ0v) is 10.4. The Labute approximate surface area is 106 Å². The fourth-order valence-corrected chi connectivity index (χ4v) is 1.53. The number of aliphatic imine (C=N–C) groups is 1. The van der Waals surface area contributed by atoms with Crippen LogP contribution in [0.5, 0.6) is 0 Å². The lowest BCUT2D eigenvalue weighted by molar-refractivity contribution is 0.499. The Balaban J connectivity index is 2.54. The Hall–Kier alpha value is -1.75. The number of nitrogens with one attached hydrogen (secondary N) is 1. The third-order valence-corrected chi connectivity index (χ3v) is 2.64. The molecule has 0 spiro atoms. The Morgan fingerprint density at radius 2 is 2.06 bits per heavy atom. The molecule has 1 aromatic rings. The van der Waals surface area contributed by atoms with Gasteiger partial charge in [-0.15, -0.1) is 0 Å². The van der Waals surface area contributed by atoms with Gasteiger partial charge in [0.2, 0.25) is 5.96 Å². The van der Waals surface area contributed by atoms with Gasteiger partial charge in [0.05, 0.1) is 0 Å². The molecular formula is C11H16ClN5. The molecule has 0 saturated heterocycles. The van der Waals surface area contributed by atoms with Crippen LogP contribution in [0.25, 0.3) is 0 Å². The molecule has 0 heterocycles. The van der Waals surface area contributed by atoms with Crippen molar-refractivity contribution >= 4 is 23.5 Å². The molecule has 0 aliphatic carbocycles. The number of nitrogens with two attached hydrogens (primary N) is 2. The summed E-state index contributed by atoms with van der Waals surface area (Å²) in [7, 11) is 1.76. The fourth-order valence-electron chi connectivity index (χ4n) is 1.30. The van der Waals surface area contributed by atoms with Crippen molar-refractivity contribution in [1.82, 2.24) is 4.90 Å². The molecule has 0 fully saturated rings. The van der Waals surface area contributed by atoms with Crippen molar-refractivity contribution < 1.29 is 0 Å². The van der Waals surface area contributed by atoms with E-state index in [1.54, 1.807) is 11.9 Å². The highest BCUT2D eigenvalue weighted by molar-refractivity contribution is 6.31. The van der Waals surface area contributed by atoms with Crippen molar-refractivity contribution in [2.45, 2.75) is 6.42 Å². The van der Waals surface area contributed by atoms with Gasteiger partial charge in [0, 0.05) is 18.6 Å². The summed E-state index contributed by atoms with van der Waals surface area (Å²) in [6.07, 6.45) is 0.735. The zero-order chi connectivity index (χ0) is 12.8. The molecule has 0 unspecified atom stereocenters. The van der Waals surface area contributed by atoms with E-state index < -0.39 is 0 Å². The van der Waals surface area contributed by atoms with Crippen LogP contribution in [0.4, 0.5) is 0 Å². The molecule has 0 atom stereocenters. The molecular weight excluding hydrogens is 238 g/mol. The van der Waals surface area contributed by atoms with Gasteiger partial charge in [0.15, 0.2) is 5.96 Å². The first-order chi connectivity index (χ1) is 8.00. The van der Waals surface area contributed by atoms with Gasteiger partial charge in [0.25, 0.3) is 0 Å². The van der Waals surface area contributed by atoms with Crippen molar-refractivity contribution in [3.8, 4) is 0 Å². The lowest BCUT2D eigenvalue weighted by atomic mass is 10.1. The minimum atomic E-state index is -0.111. The standard InChI is InChI=1S/C11H16ClN5/c1-17(11(15)16-10(13)14)7-6-8-4-2-3-5-9(8)12/h2-5H,6-7H2,1H3,(H5,13,14,15,16). The number of likely N-dealkylation sites (N-methyl/N-ethyl adjacent to an activating group) is 1. The summed E-state index contributed by atoms with van der Waals surface area (Å²) in [4.78, 5) is 5.32. The van der Waals surface area contributed by atoms with Crippen LogP contribution in [0.15, 0.2) is 29.3 Å². The van der Waals surface area contributed by atoms with Gasteiger partial charge in [-0.05, 0) is 18.1 Å². The number of nitrogens with zero attached hydrogens (tertiary/aromatic N) is 2. The van der Waals surface area contributed by atoms with Crippen molar-refractivity contribution in [1.29, 1.82) is 5.41 Å². The largest absolute Gasteiger partial charge is 0.370 e. The summed E-state index contributed by atoms with van der Waals surface area (Å²) < 4.78 is 0. The molecule has 0 aromatic heterocycles. The second kappa shape index (κ2) is 6.10. The van der Waals surface area contributed by atoms with E-state index in [2.05, 4.69) is 4.99 Å². The third-order valence-electron chi connectivity index (χ3n) is 2.27. The van der Waals surface area contributed by atoms with E-state index in [1.807, 2.05) is 24.3 Å². The minimum Gasteiger partial charge on any atom is -0.370 e. The lowest BCUT2D eigenvalue weighted by Crippen LogP contribution is -2.31. The zero-order valence-electron chi connectivity index (χ0n) is 9.65. The molecule has 6 heteroatoms. The second-order valence-electron chi connectivity index (χ2n) is 3.62. The fraction of sp³-hybridized carbons (Fsp3) is 0.273. The normalized spacial score (nSPS) is 9.76. The number of rotatable bonds is 3. The van der Waals surface area contributed by atoms with Gasteiger partial charge in [-0.1, -0.05) is 29.8 Å². The quantitative estimate of drug-likeness (QED) is 0.555. The van der Waals surface area contributed by atoms with Crippen molar-refractivity contribution in [2.24, 2.45) is 16.5 Å². The molecule has 0 radical (unpaired) electrons. The Morgan fingerprint density at radius 3 is 2.65 bits per heavy atom. The van der Waals surface area contributed by atoms with Gasteiger partial charge in [0.1, 0.15) is 0 Å². The Bertz CT molecular complexity index is 426. The van der Waals surface area contributed by atoms with E-state index in [0.717, 1.165) is 17.0 Å². The van der Waals surface area contributed by atoms with Crippen LogP contribution in [0.3, 0.4) is 0 Å². The summed E-state index contributed by atoms with van der Waals surface area (Å²) in [5, 5.41) is 8.32. The highest BCUT2D eigenvalue weighted by atomic mass is 35.5. The van der Waals surface area contributed by atoms with Crippen LogP contribution < -0.4 is 11.5 Å². The smallest absolute Gasteiger partial charge is 0.220 e. The highest BCUT2D eigenvalue weighted by Crippen LogP contribution is 2.15. The SMILES string of the molecule is CN(CCc1ccccc1Cl)C(=N)N=C(N)N. The van der Waals surface area contributed by atoms with E-state index in [0.29, 0.717) is 6.54 Å². The molecule has 17 heavy (non-hydrogen) atoms. The molecule has 0 bridgehead atoms. The molecule has 92 valence electrons. The summed E-state index contributed by atoms with van der Waals surface area (Å²) >= 11 is 6.03. The Morgan fingerprint density at radius 1 is 1.41 bits per heavy atom. The highest BCUT2D eigenvalue weighted by Gasteiger charge is 2.05. The van der Waals surface area contributed by atoms with E-state index in [4.69, 9.17) is 28.5 Å². The monoisotopic (exact) mass is 253 g/mol. The topological polar surface area (TPSA) is 91.5 Å². The van der Waals surface area contributed by atoms with E-state index >= 15 is 0 Å². The van der Waals surface area contributed by atoms with Gasteiger partial charge in [-0.3, -0.25) is 5.41 Å². The van der Waals surface area contributed by atoms with E-state index in [-0.39, 0.29) is 11.9 Å². The average molecular weight is 254 g/mol. The van der Waals surface area contributed by atoms with E-state index in [9.17, 15) is 0 Å². The van der Waals surface area contributed by atoms with Crippen LogP contribution in [0.2, 0.25) is 5.02 Å². The first kappa shape index (κ1) is 13.3. The number of halogens is 1. The predicted octanol–water partition coefficient (Wildman–Crippen LogP) is 1.02. The molecule has 5 N–H and O–H groups in total. The second-order valence-corrected chi connectivity index (χ2v) is 4.03. The van der Waals surface area contributed by atoms with Gasteiger partial charge in [-0.25, -0.2) is 0 Å². The molecule has 0 aliphatic rings. The molecule has 5 nitrogen and oxygen atoms in total. The maximum Gasteiger partial charge on any atom is 0.220 e. The molecule has 1 aromatic carbocycles. The number of guanidine groups is 2. The molecule has 0 aliphatic heterocycles. The minimum absolute atomic E-state index is 0.0389. The number of hydrogen-bond donors (Lipinski definition) is 3. The van der Waals surface area contributed by atoms with Crippen molar-refractivity contribution in [2.75, 3.05) is 13.6 Å². The van der Waals surface area contributed by atoms with Gasteiger partial charge < -0.3 is 16.4 Å². The first-order valence-corrected chi connectivity index (χ1v) is 5.51. The predicted molar refractivity (Wildman–Crippen MR) is 71.3 cm³/mol. The lowest BCUT2D eigenvalue weighted by Gasteiger charge is -2.17. The van der Waals surface area contributed by atoms with Crippen LogP contribution >= 0.6 is 11.6 Å². The van der Waals surface area contributed by atoms with Crippen LogP contribution in [-0.2, 0) is 6.42 Å². The van der Waals surface area contributed by atoms with Crippen LogP contribution in [0.1, 0.15) is 5.56 Å². The van der Waals surface area contributed by atoms with Crippen LogP contribution in [0, 0.1) is 5.41 Å². The van der Waals surface area contributed by atoms with E-state index in [1.165, 1.54) is 0 Å². The average Bonchev–Trinajstić information content (AvgIpc) is 2.26. The third kappa shape index (κ3) is 4.32. The summed E-state index contributed by atoms with van der Waals surface area (Å²) in [5.74, 6) is -0.0725. The molecule has 0 saturated carbocycles. The molecule has 0 amide bonds. The number of benzene rings is 1. The van der Waals surface area contributed by atoms with Crippen LogP contribution in [-0.4, -0.2) is 30.4 Å². The summed E-state index contributed by atoms with van der Waals surface area (Å²) in [6, 6.07) is 7.62. The Kier molecular flexibility index (Phi) is 4.78. The van der Waals surface area contributed by atoms with Crippen molar-refractivity contribution in [3.63, 3.8) is 0 Å². The molecule has 1 rings (SSSR count). The number of hydrogen-bond acceptors (Lipinski definition) is 1. The maximum absolute atomic E-state index is 7.59. The van der Waals surface area contributed by atoms with Crippen molar-refractivity contribution in [3.05, 3.63) is 34.9 Å². The van der Waals surface area contributed by atoms with Gasteiger partial charge in [-0.2, -0.15) is 4.99 Å². The first-order valence-electron chi connectivity index (χ1n) is 5.13. The summed E-state index contributed by atoms with van der Waals surface area (Å²) in [6.45, 7) is 0.624. The van der Waals surface area contributed by atoms with Gasteiger partial charge >= 0.3 is 0 Å². The maximum atomic E-state index is 7.59.